The maximum absolute atomic E-state index is 12.7. The van der Waals surface area contributed by atoms with E-state index in [-0.39, 0.29) is 18.5 Å². The molecule has 0 bridgehead atoms. The van der Waals surface area contributed by atoms with Gasteiger partial charge in [-0.3, -0.25) is 10.1 Å². The molecule has 4 heteroatoms. The first kappa shape index (κ1) is 20.6. The van der Waals surface area contributed by atoms with Crippen molar-refractivity contribution in [3.8, 4) is 5.75 Å². The Labute approximate surface area is 172 Å². The number of nitrogens with one attached hydrogen (secondary N) is 2. The predicted octanol–water partition coefficient (Wildman–Crippen LogP) is 4.88. The first-order valence-electron chi connectivity index (χ1n) is 9.93. The number of methoxy groups -OCH3 is 1. The Morgan fingerprint density at radius 1 is 0.931 bits per heavy atom. The van der Waals surface area contributed by atoms with Gasteiger partial charge in [-0.1, -0.05) is 67.6 Å². The molecule has 3 aromatic carbocycles. The summed E-state index contributed by atoms with van der Waals surface area (Å²) in [5, 5.41) is 6.50. The molecule has 0 spiro atoms. The van der Waals surface area contributed by atoms with Crippen LogP contribution in [0.4, 0.5) is 5.69 Å². The molecule has 3 rings (SSSR count). The second-order valence-corrected chi connectivity index (χ2v) is 7.01. The molecule has 0 saturated carbocycles. The molecule has 0 aliphatic rings. The fourth-order valence-corrected chi connectivity index (χ4v) is 3.45. The summed E-state index contributed by atoms with van der Waals surface area (Å²) in [5.74, 6) is 0.758. The average Bonchev–Trinajstić information content (AvgIpc) is 2.76. The second-order valence-electron chi connectivity index (χ2n) is 7.01. The Morgan fingerprint density at radius 2 is 1.62 bits per heavy atom. The van der Waals surface area contributed by atoms with E-state index in [2.05, 4.69) is 35.8 Å². The normalized spacial score (nSPS) is 11.7. The summed E-state index contributed by atoms with van der Waals surface area (Å²) in [6.07, 6.45) is 0.878. The lowest BCUT2D eigenvalue weighted by molar-refractivity contribution is -0.115. The number of ether oxygens (including phenoxy) is 1. The number of benzene rings is 3. The van der Waals surface area contributed by atoms with Gasteiger partial charge in [0.05, 0.1) is 19.7 Å². The third kappa shape index (κ3) is 5.24. The van der Waals surface area contributed by atoms with E-state index in [1.807, 2.05) is 61.5 Å². The van der Waals surface area contributed by atoms with Gasteiger partial charge in [0.15, 0.2) is 0 Å². The van der Waals surface area contributed by atoms with Crippen molar-refractivity contribution >= 4 is 11.6 Å². The van der Waals surface area contributed by atoms with Gasteiger partial charge in [-0.25, -0.2) is 0 Å². The summed E-state index contributed by atoms with van der Waals surface area (Å²) in [6, 6.07) is 24.1. The third-order valence-corrected chi connectivity index (χ3v) is 5.05. The van der Waals surface area contributed by atoms with Crippen molar-refractivity contribution in [2.45, 2.75) is 26.3 Å². The van der Waals surface area contributed by atoms with Gasteiger partial charge >= 0.3 is 0 Å². The minimum absolute atomic E-state index is 0.0524. The molecule has 150 valence electrons. The van der Waals surface area contributed by atoms with E-state index in [0.29, 0.717) is 0 Å². The topological polar surface area (TPSA) is 50.4 Å². The van der Waals surface area contributed by atoms with Crippen LogP contribution in [0.25, 0.3) is 0 Å². The van der Waals surface area contributed by atoms with Crippen LogP contribution in [0, 0.1) is 6.92 Å². The number of anilines is 1. The van der Waals surface area contributed by atoms with Crippen LogP contribution in [-0.2, 0) is 11.2 Å². The highest BCUT2D eigenvalue weighted by Crippen LogP contribution is 2.24. The molecule has 1 atom stereocenters. The fourth-order valence-electron chi connectivity index (χ4n) is 3.45. The number of hydrogen-bond donors (Lipinski definition) is 2. The van der Waals surface area contributed by atoms with E-state index in [1.54, 1.807) is 7.11 Å². The van der Waals surface area contributed by atoms with Crippen molar-refractivity contribution in [2.75, 3.05) is 19.0 Å². The number of carbonyl (C=O) groups is 1. The largest absolute Gasteiger partial charge is 0.497 e. The summed E-state index contributed by atoms with van der Waals surface area (Å²) in [5.41, 5.74) is 5.33. The Balaban J connectivity index is 1.76. The lowest BCUT2D eigenvalue weighted by Crippen LogP contribution is -2.32. The number of carbonyl (C=O) groups excluding carboxylic acids is 1. The van der Waals surface area contributed by atoms with Gasteiger partial charge in [-0.05, 0) is 47.7 Å². The van der Waals surface area contributed by atoms with Gasteiger partial charge in [-0.2, -0.15) is 0 Å². The minimum Gasteiger partial charge on any atom is -0.497 e. The zero-order valence-corrected chi connectivity index (χ0v) is 17.2. The zero-order valence-electron chi connectivity index (χ0n) is 17.2. The third-order valence-electron chi connectivity index (χ3n) is 5.05. The SMILES string of the molecule is CCc1cccc(C)c1NC(=O)CN[C@H](c1ccccc1)c1ccc(OC)cc1. The Bertz CT molecular complexity index is 937. The Hall–Kier alpha value is -3.11. The summed E-state index contributed by atoms with van der Waals surface area (Å²) in [6.45, 7) is 4.33. The van der Waals surface area contributed by atoms with Crippen molar-refractivity contribution in [2.24, 2.45) is 0 Å². The zero-order chi connectivity index (χ0) is 20.6. The number of aryl methyl sites for hydroxylation is 2. The molecule has 0 heterocycles. The summed E-state index contributed by atoms with van der Waals surface area (Å²) < 4.78 is 5.27. The van der Waals surface area contributed by atoms with E-state index >= 15 is 0 Å². The van der Waals surface area contributed by atoms with Crippen LogP contribution in [0.3, 0.4) is 0 Å². The van der Waals surface area contributed by atoms with Crippen molar-refractivity contribution in [3.05, 3.63) is 95.1 Å². The molecule has 0 fully saturated rings. The van der Waals surface area contributed by atoms with E-state index in [9.17, 15) is 4.79 Å². The number of hydrogen-bond acceptors (Lipinski definition) is 3. The summed E-state index contributed by atoms with van der Waals surface area (Å²) in [4.78, 5) is 12.7. The highest BCUT2D eigenvalue weighted by atomic mass is 16.5. The second kappa shape index (κ2) is 9.89. The monoisotopic (exact) mass is 388 g/mol. The van der Waals surface area contributed by atoms with Crippen molar-refractivity contribution in [1.82, 2.24) is 5.32 Å². The lowest BCUT2D eigenvalue weighted by atomic mass is 9.98. The van der Waals surface area contributed by atoms with Crippen LogP contribution in [0.15, 0.2) is 72.8 Å². The van der Waals surface area contributed by atoms with Crippen LogP contribution in [0.2, 0.25) is 0 Å². The summed E-state index contributed by atoms with van der Waals surface area (Å²) >= 11 is 0. The fraction of sp³-hybridized carbons (Fsp3) is 0.240. The van der Waals surface area contributed by atoms with Crippen LogP contribution in [0.5, 0.6) is 5.75 Å². The maximum atomic E-state index is 12.7. The molecule has 1 amide bonds. The lowest BCUT2D eigenvalue weighted by Gasteiger charge is -2.20. The van der Waals surface area contributed by atoms with Gasteiger partial charge in [0.25, 0.3) is 0 Å². The minimum atomic E-state index is -0.0876. The predicted molar refractivity (Wildman–Crippen MR) is 118 cm³/mol. The number of para-hydroxylation sites is 1. The number of rotatable bonds is 8. The molecule has 4 nitrogen and oxygen atoms in total. The quantitative estimate of drug-likeness (QED) is 0.578. The van der Waals surface area contributed by atoms with E-state index in [1.165, 1.54) is 0 Å². The molecule has 0 unspecified atom stereocenters. The smallest absolute Gasteiger partial charge is 0.238 e. The van der Waals surface area contributed by atoms with Crippen LogP contribution in [-0.4, -0.2) is 19.6 Å². The van der Waals surface area contributed by atoms with Gasteiger partial charge in [0, 0.05) is 5.69 Å². The van der Waals surface area contributed by atoms with Crippen LogP contribution < -0.4 is 15.4 Å². The molecule has 3 aromatic rings. The molecule has 0 saturated heterocycles. The first-order chi connectivity index (χ1) is 14.1. The van der Waals surface area contributed by atoms with E-state index < -0.39 is 0 Å². The molecule has 2 N–H and O–H groups in total. The molecule has 29 heavy (non-hydrogen) atoms. The molecule has 0 radical (unpaired) electrons. The van der Waals surface area contributed by atoms with Crippen molar-refractivity contribution < 1.29 is 9.53 Å². The molecular weight excluding hydrogens is 360 g/mol. The highest BCUT2D eigenvalue weighted by molar-refractivity contribution is 5.93. The van der Waals surface area contributed by atoms with Crippen molar-refractivity contribution in [3.63, 3.8) is 0 Å². The standard InChI is InChI=1S/C25H28N2O2/c1-4-19-12-8-9-18(2)24(19)27-23(28)17-26-25(20-10-6-5-7-11-20)21-13-15-22(29-3)16-14-21/h5-16,25-26H,4,17H2,1-3H3,(H,27,28)/t25-/m1/s1. The summed E-state index contributed by atoms with van der Waals surface area (Å²) in [7, 11) is 1.66. The molecular formula is C25H28N2O2. The number of amides is 1. The van der Waals surface area contributed by atoms with Gasteiger partial charge in [0.1, 0.15) is 5.75 Å². The van der Waals surface area contributed by atoms with E-state index in [4.69, 9.17) is 4.74 Å². The Kier molecular flexibility index (Phi) is 7.04. The highest BCUT2D eigenvalue weighted by Gasteiger charge is 2.16. The molecule has 0 aliphatic carbocycles. The molecule has 0 aromatic heterocycles. The van der Waals surface area contributed by atoms with E-state index in [0.717, 1.165) is 40.1 Å². The van der Waals surface area contributed by atoms with Gasteiger partial charge < -0.3 is 10.1 Å². The van der Waals surface area contributed by atoms with Gasteiger partial charge in [0.2, 0.25) is 5.91 Å². The van der Waals surface area contributed by atoms with Crippen molar-refractivity contribution in [1.29, 1.82) is 0 Å². The Morgan fingerprint density at radius 3 is 2.28 bits per heavy atom. The average molecular weight is 389 g/mol. The van der Waals surface area contributed by atoms with Crippen LogP contribution in [0.1, 0.15) is 35.2 Å². The molecule has 0 aliphatic heterocycles. The first-order valence-corrected chi connectivity index (χ1v) is 9.93. The van der Waals surface area contributed by atoms with Crippen LogP contribution >= 0.6 is 0 Å². The maximum Gasteiger partial charge on any atom is 0.238 e. The van der Waals surface area contributed by atoms with Gasteiger partial charge in [-0.15, -0.1) is 0 Å².